The second kappa shape index (κ2) is 14.2. The molecule has 1 saturated heterocycles. The van der Waals surface area contributed by atoms with E-state index < -0.39 is 24.3 Å². The van der Waals surface area contributed by atoms with Gasteiger partial charge in [-0.05, 0) is 38.0 Å². The average molecular weight is 570 g/mol. The number of aryl methyl sites for hydroxylation is 1. The smallest absolute Gasteiger partial charge is 0.475 e. The maximum Gasteiger partial charge on any atom is 0.490 e. The van der Waals surface area contributed by atoms with Gasteiger partial charge in [0.1, 0.15) is 0 Å². The van der Waals surface area contributed by atoms with E-state index in [1.807, 2.05) is 31.3 Å². The highest BCUT2D eigenvalue weighted by molar-refractivity contribution is 5.73. The maximum absolute atomic E-state index is 10.6. The number of pyridine rings is 1. The van der Waals surface area contributed by atoms with Gasteiger partial charge in [-0.25, -0.2) is 9.59 Å². The Labute approximate surface area is 219 Å². The lowest BCUT2D eigenvalue weighted by atomic mass is 10.0. The van der Waals surface area contributed by atoms with Gasteiger partial charge in [0.2, 0.25) is 0 Å². The van der Waals surface area contributed by atoms with Crippen LogP contribution in [0.15, 0.2) is 30.5 Å². The number of carboxylic acids is 2. The molecule has 0 spiro atoms. The molecule has 0 aromatic carbocycles. The third kappa shape index (κ3) is 10.8. The fourth-order valence-electron chi connectivity index (χ4n) is 3.85. The molecule has 16 heteroatoms. The molecule has 0 amide bonds. The summed E-state index contributed by atoms with van der Waals surface area (Å²) in [6.45, 7) is 6.92. The molecular weight excluding hydrogens is 542 g/mol. The predicted octanol–water partition coefficient (Wildman–Crippen LogP) is 3.61. The average Bonchev–Trinajstić information content (AvgIpc) is 3.33. The highest BCUT2D eigenvalue weighted by Gasteiger charge is 2.39. The van der Waals surface area contributed by atoms with Crippen molar-refractivity contribution in [2.45, 2.75) is 57.4 Å². The van der Waals surface area contributed by atoms with Gasteiger partial charge >= 0.3 is 24.3 Å². The van der Waals surface area contributed by atoms with Crippen LogP contribution in [0.4, 0.5) is 26.3 Å². The second-order valence-electron chi connectivity index (χ2n) is 8.59. The molecule has 0 radical (unpaired) electrons. The first-order valence-corrected chi connectivity index (χ1v) is 11.6. The summed E-state index contributed by atoms with van der Waals surface area (Å²) in [5.74, 6) is -5.51. The Bertz CT molecular complexity index is 1050. The quantitative estimate of drug-likeness (QED) is 0.519. The van der Waals surface area contributed by atoms with Crippen LogP contribution in [0.1, 0.15) is 36.0 Å². The van der Waals surface area contributed by atoms with E-state index in [0.717, 1.165) is 50.5 Å². The number of halogens is 6. The Hall–Kier alpha value is -3.24. The number of hydrogen-bond acceptors (Lipinski definition) is 7. The number of rotatable bonds is 5. The zero-order valence-electron chi connectivity index (χ0n) is 20.8. The molecule has 2 aromatic heterocycles. The van der Waals surface area contributed by atoms with Crippen molar-refractivity contribution in [2.75, 3.05) is 26.4 Å². The minimum Gasteiger partial charge on any atom is -0.475 e. The summed E-state index contributed by atoms with van der Waals surface area (Å²) >= 11 is 0. The number of fused-ring (bicyclic) bond motifs is 1. The number of ether oxygens (including phenoxy) is 2. The van der Waals surface area contributed by atoms with E-state index >= 15 is 0 Å². The molecule has 4 heterocycles. The first-order chi connectivity index (χ1) is 18.2. The summed E-state index contributed by atoms with van der Waals surface area (Å²) in [5, 5.41) is 18.8. The van der Waals surface area contributed by atoms with Crippen molar-refractivity contribution in [1.29, 1.82) is 0 Å². The van der Waals surface area contributed by atoms with E-state index in [1.54, 1.807) is 0 Å². The highest BCUT2D eigenvalue weighted by Crippen LogP contribution is 2.26. The number of carboxylic acid groups (broad SMARTS) is 2. The van der Waals surface area contributed by atoms with Crippen molar-refractivity contribution in [3.05, 3.63) is 47.5 Å². The summed E-state index contributed by atoms with van der Waals surface area (Å²) in [4.78, 5) is 24.9. The monoisotopic (exact) mass is 570 g/mol. The van der Waals surface area contributed by atoms with Gasteiger partial charge in [-0.15, -0.1) is 0 Å². The number of aliphatic carboxylic acids is 2. The summed E-state index contributed by atoms with van der Waals surface area (Å²) in [7, 11) is 0. The molecule has 1 atom stereocenters. The van der Waals surface area contributed by atoms with Crippen molar-refractivity contribution >= 4 is 11.9 Å². The molecule has 4 rings (SSSR count). The van der Waals surface area contributed by atoms with E-state index in [4.69, 9.17) is 29.3 Å². The van der Waals surface area contributed by atoms with Crippen molar-refractivity contribution in [1.82, 2.24) is 19.7 Å². The molecule has 218 valence electrons. The van der Waals surface area contributed by atoms with E-state index in [9.17, 15) is 26.3 Å². The molecule has 2 aliphatic heterocycles. The van der Waals surface area contributed by atoms with Gasteiger partial charge in [0.25, 0.3) is 0 Å². The molecule has 0 aliphatic carbocycles. The molecule has 2 N–H and O–H groups in total. The van der Waals surface area contributed by atoms with Gasteiger partial charge in [-0.1, -0.05) is 6.07 Å². The number of carbonyl (C=O) groups is 2. The first-order valence-electron chi connectivity index (χ1n) is 11.6. The predicted molar refractivity (Wildman–Crippen MR) is 122 cm³/mol. The molecule has 0 saturated carbocycles. The van der Waals surface area contributed by atoms with Crippen LogP contribution in [0, 0.1) is 6.92 Å². The summed E-state index contributed by atoms with van der Waals surface area (Å²) in [5.41, 5.74) is 3.29. The third-order valence-corrected chi connectivity index (χ3v) is 5.61. The first kappa shape index (κ1) is 32.0. The van der Waals surface area contributed by atoms with E-state index in [0.29, 0.717) is 19.3 Å². The SMILES string of the molecule is Cc1cccc(COCC2CN(C3CCOCC3)Cc3ccnn32)n1.O=C(O)C(F)(F)F.O=C(O)C(F)(F)F. The number of hydrogen-bond donors (Lipinski definition) is 2. The van der Waals surface area contributed by atoms with E-state index in [2.05, 4.69) is 25.7 Å². The fourth-order valence-corrected chi connectivity index (χ4v) is 3.85. The van der Waals surface area contributed by atoms with Crippen molar-refractivity contribution in [2.24, 2.45) is 0 Å². The Kier molecular flexibility index (Phi) is 11.7. The van der Waals surface area contributed by atoms with Crippen molar-refractivity contribution in [3.63, 3.8) is 0 Å². The van der Waals surface area contributed by atoms with Crippen LogP contribution in [-0.4, -0.2) is 86.6 Å². The molecule has 2 aromatic rings. The van der Waals surface area contributed by atoms with E-state index in [1.165, 1.54) is 5.69 Å². The number of aromatic nitrogens is 3. The van der Waals surface area contributed by atoms with Crippen LogP contribution >= 0.6 is 0 Å². The lowest BCUT2D eigenvalue weighted by Crippen LogP contribution is -2.46. The normalized spacial score (nSPS) is 18.2. The second-order valence-corrected chi connectivity index (χ2v) is 8.59. The molecule has 1 fully saturated rings. The van der Waals surface area contributed by atoms with Crippen molar-refractivity contribution < 1.29 is 55.6 Å². The van der Waals surface area contributed by atoms with Gasteiger partial charge in [-0.2, -0.15) is 31.4 Å². The summed E-state index contributed by atoms with van der Waals surface area (Å²) < 4.78 is 77.1. The number of alkyl halides is 6. The Balaban J connectivity index is 0.000000317. The molecule has 10 nitrogen and oxygen atoms in total. The van der Waals surface area contributed by atoms with Gasteiger partial charge in [0.05, 0.1) is 30.6 Å². The van der Waals surface area contributed by atoms with Crippen molar-refractivity contribution in [3.8, 4) is 0 Å². The lowest BCUT2D eigenvalue weighted by molar-refractivity contribution is -0.193. The fraction of sp³-hybridized carbons (Fsp3) is 0.565. The minimum absolute atomic E-state index is 0.256. The molecule has 39 heavy (non-hydrogen) atoms. The van der Waals surface area contributed by atoms with Crippen LogP contribution in [0.3, 0.4) is 0 Å². The Morgan fingerprint density at radius 2 is 1.64 bits per heavy atom. The van der Waals surface area contributed by atoms with Crippen LogP contribution in [-0.2, 0) is 32.2 Å². The zero-order valence-corrected chi connectivity index (χ0v) is 20.8. The zero-order chi connectivity index (χ0) is 29.2. The molecule has 2 aliphatic rings. The minimum atomic E-state index is -5.08. The van der Waals surface area contributed by atoms with Gasteiger partial charge in [0, 0.05) is 44.2 Å². The highest BCUT2D eigenvalue weighted by atomic mass is 19.4. The van der Waals surface area contributed by atoms with Gasteiger partial charge in [0.15, 0.2) is 0 Å². The lowest BCUT2D eigenvalue weighted by Gasteiger charge is -2.40. The molecule has 1 unspecified atom stereocenters. The topological polar surface area (TPSA) is 127 Å². The largest absolute Gasteiger partial charge is 0.490 e. The van der Waals surface area contributed by atoms with Crippen LogP contribution in [0.2, 0.25) is 0 Å². The van der Waals surface area contributed by atoms with Gasteiger partial charge in [-0.3, -0.25) is 14.6 Å². The molecule has 0 bridgehead atoms. The third-order valence-electron chi connectivity index (χ3n) is 5.61. The van der Waals surface area contributed by atoms with Crippen LogP contribution < -0.4 is 0 Å². The molecular formula is C23H28F6N4O6. The Morgan fingerprint density at radius 1 is 1.05 bits per heavy atom. The number of nitrogens with zero attached hydrogens (tertiary/aromatic N) is 4. The summed E-state index contributed by atoms with van der Waals surface area (Å²) in [6.07, 6.45) is -6.03. The Morgan fingerprint density at radius 3 is 2.18 bits per heavy atom. The van der Waals surface area contributed by atoms with Crippen LogP contribution in [0.25, 0.3) is 0 Å². The van der Waals surface area contributed by atoms with Gasteiger partial charge < -0.3 is 19.7 Å². The maximum atomic E-state index is 10.6. The summed E-state index contributed by atoms with van der Waals surface area (Å²) in [6, 6.07) is 9.04. The standard InChI is InChI=1S/C19H26N4O2.2C2HF3O2/c1-15-3-2-4-16(21-15)13-25-14-19-12-22(17-6-9-24-10-7-17)11-18-5-8-20-23(18)19;2*3-2(4,5)1(6)7/h2-5,8,17,19H,6-7,9-14H2,1H3;2*(H,6,7). The van der Waals surface area contributed by atoms with Crippen LogP contribution in [0.5, 0.6) is 0 Å². The van der Waals surface area contributed by atoms with E-state index in [-0.39, 0.29) is 6.04 Å².